The summed E-state index contributed by atoms with van der Waals surface area (Å²) in [7, 11) is 0. The van der Waals surface area contributed by atoms with Gasteiger partial charge in [0.2, 0.25) is 0 Å². The van der Waals surface area contributed by atoms with Crippen molar-refractivity contribution in [3.05, 3.63) is 0 Å². The standard InChI is InChI=1S/C5H14N2O/c1-3-5(7-8)4(2)6/h4-5,7-8H,3,6H2,1-2H3. The van der Waals surface area contributed by atoms with Crippen molar-refractivity contribution in [3.63, 3.8) is 0 Å². The minimum absolute atomic E-state index is 0.0185. The predicted molar refractivity (Wildman–Crippen MR) is 32.7 cm³/mol. The van der Waals surface area contributed by atoms with Gasteiger partial charge in [0.25, 0.3) is 0 Å². The van der Waals surface area contributed by atoms with E-state index in [1.807, 2.05) is 13.8 Å². The van der Waals surface area contributed by atoms with Gasteiger partial charge in [-0.15, -0.1) is 0 Å². The first-order valence-corrected chi connectivity index (χ1v) is 2.87. The molecule has 0 rings (SSSR count). The summed E-state index contributed by atoms with van der Waals surface area (Å²) in [6, 6.07) is 0.0556. The van der Waals surface area contributed by atoms with Crippen LogP contribution in [0.15, 0.2) is 0 Å². The Morgan fingerprint density at radius 2 is 2.25 bits per heavy atom. The number of nitrogens with two attached hydrogens (primary N) is 1. The molecule has 0 aromatic rings. The van der Waals surface area contributed by atoms with E-state index in [9.17, 15) is 0 Å². The summed E-state index contributed by atoms with van der Waals surface area (Å²) in [6.45, 7) is 3.83. The molecule has 0 aliphatic rings. The number of hydroxylamine groups is 1. The fourth-order valence-corrected chi connectivity index (χ4v) is 0.581. The first kappa shape index (κ1) is 7.88. The van der Waals surface area contributed by atoms with Gasteiger partial charge in [0, 0.05) is 12.1 Å². The molecule has 0 amide bonds. The maximum Gasteiger partial charge on any atom is 0.0465 e. The van der Waals surface area contributed by atoms with Crippen molar-refractivity contribution < 1.29 is 5.21 Å². The summed E-state index contributed by atoms with van der Waals surface area (Å²) in [5.74, 6) is 0. The van der Waals surface area contributed by atoms with Gasteiger partial charge < -0.3 is 10.9 Å². The second-order valence-corrected chi connectivity index (χ2v) is 2.00. The molecule has 0 bridgehead atoms. The molecule has 8 heavy (non-hydrogen) atoms. The van der Waals surface area contributed by atoms with E-state index in [0.29, 0.717) is 0 Å². The number of hydrogen-bond acceptors (Lipinski definition) is 3. The van der Waals surface area contributed by atoms with Gasteiger partial charge >= 0.3 is 0 Å². The van der Waals surface area contributed by atoms with Gasteiger partial charge in [-0.3, -0.25) is 0 Å². The number of hydrogen-bond donors (Lipinski definition) is 3. The number of nitrogens with one attached hydrogen (secondary N) is 1. The topological polar surface area (TPSA) is 58.3 Å². The zero-order valence-electron chi connectivity index (χ0n) is 5.39. The molecule has 0 saturated carbocycles. The van der Waals surface area contributed by atoms with Crippen molar-refractivity contribution in [2.75, 3.05) is 0 Å². The van der Waals surface area contributed by atoms with E-state index in [-0.39, 0.29) is 12.1 Å². The monoisotopic (exact) mass is 118 g/mol. The second-order valence-electron chi connectivity index (χ2n) is 2.00. The quantitative estimate of drug-likeness (QED) is 0.460. The lowest BCUT2D eigenvalue weighted by molar-refractivity contribution is 0.114. The summed E-state index contributed by atoms with van der Waals surface area (Å²) in [5.41, 5.74) is 7.56. The van der Waals surface area contributed by atoms with Crippen LogP contribution in [0.1, 0.15) is 20.3 Å². The molecule has 4 N–H and O–H groups in total. The highest BCUT2D eigenvalue weighted by molar-refractivity contribution is 4.69. The van der Waals surface area contributed by atoms with Crippen LogP contribution in [-0.2, 0) is 0 Å². The summed E-state index contributed by atoms with van der Waals surface area (Å²) in [6.07, 6.45) is 0.855. The maximum atomic E-state index is 8.37. The molecule has 0 aliphatic carbocycles. The Bertz CT molecular complexity index is 52.4. The van der Waals surface area contributed by atoms with Crippen LogP contribution in [0.25, 0.3) is 0 Å². The Morgan fingerprint density at radius 3 is 2.25 bits per heavy atom. The minimum Gasteiger partial charge on any atom is -0.326 e. The Morgan fingerprint density at radius 1 is 1.75 bits per heavy atom. The minimum atomic E-state index is 0.0185. The highest BCUT2D eigenvalue weighted by atomic mass is 16.5. The van der Waals surface area contributed by atoms with Crippen LogP contribution in [0.2, 0.25) is 0 Å². The third-order valence-electron chi connectivity index (χ3n) is 1.24. The highest BCUT2D eigenvalue weighted by Crippen LogP contribution is 1.92. The van der Waals surface area contributed by atoms with Crippen molar-refractivity contribution in [1.82, 2.24) is 5.48 Å². The molecule has 2 unspecified atom stereocenters. The van der Waals surface area contributed by atoms with Crippen LogP contribution >= 0.6 is 0 Å². The first-order valence-electron chi connectivity index (χ1n) is 2.87. The molecule has 0 aromatic heterocycles. The smallest absolute Gasteiger partial charge is 0.0465 e. The third kappa shape index (κ3) is 2.26. The van der Waals surface area contributed by atoms with Crippen molar-refractivity contribution in [2.24, 2.45) is 5.73 Å². The van der Waals surface area contributed by atoms with Gasteiger partial charge in [0.15, 0.2) is 0 Å². The van der Waals surface area contributed by atoms with Crippen LogP contribution in [0.5, 0.6) is 0 Å². The average Bonchev–Trinajstić information content (AvgIpc) is 1.69. The van der Waals surface area contributed by atoms with Crippen molar-refractivity contribution in [3.8, 4) is 0 Å². The van der Waals surface area contributed by atoms with E-state index in [2.05, 4.69) is 5.48 Å². The third-order valence-corrected chi connectivity index (χ3v) is 1.24. The van der Waals surface area contributed by atoms with Gasteiger partial charge in [-0.1, -0.05) is 6.92 Å². The Balaban J connectivity index is 3.35. The second kappa shape index (κ2) is 3.83. The summed E-state index contributed by atoms with van der Waals surface area (Å²) in [5, 5.41) is 8.37. The maximum absolute atomic E-state index is 8.37. The summed E-state index contributed by atoms with van der Waals surface area (Å²) >= 11 is 0. The molecule has 0 aliphatic heterocycles. The van der Waals surface area contributed by atoms with Gasteiger partial charge in [-0.2, -0.15) is 0 Å². The molecule has 50 valence electrons. The lowest BCUT2D eigenvalue weighted by atomic mass is 10.1. The van der Waals surface area contributed by atoms with Crippen LogP contribution in [-0.4, -0.2) is 17.3 Å². The average molecular weight is 118 g/mol. The zero-order chi connectivity index (χ0) is 6.57. The molecule has 0 fully saturated rings. The molecule has 2 atom stereocenters. The summed E-state index contributed by atoms with van der Waals surface area (Å²) in [4.78, 5) is 0. The fraction of sp³-hybridized carbons (Fsp3) is 1.00. The summed E-state index contributed by atoms with van der Waals surface area (Å²) < 4.78 is 0. The number of rotatable bonds is 3. The lowest BCUT2D eigenvalue weighted by Crippen LogP contribution is -2.40. The molecule has 3 heteroatoms. The Kier molecular flexibility index (Phi) is 3.77. The first-order chi connectivity index (χ1) is 3.72. The van der Waals surface area contributed by atoms with E-state index >= 15 is 0 Å². The molecular weight excluding hydrogens is 104 g/mol. The van der Waals surface area contributed by atoms with Crippen LogP contribution in [0.4, 0.5) is 0 Å². The van der Waals surface area contributed by atoms with Crippen LogP contribution in [0.3, 0.4) is 0 Å². The zero-order valence-corrected chi connectivity index (χ0v) is 5.39. The van der Waals surface area contributed by atoms with Gasteiger partial charge in [-0.25, -0.2) is 5.48 Å². The molecule has 0 saturated heterocycles. The predicted octanol–water partition coefficient (Wildman–Crippen LogP) is 0.0910. The van der Waals surface area contributed by atoms with Crippen LogP contribution in [0, 0.1) is 0 Å². The van der Waals surface area contributed by atoms with E-state index < -0.39 is 0 Å². The van der Waals surface area contributed by atoms with E-state index in [0.717, 1.165) is 6.42 Å². The Labute approximate surface area is 49.8 Å². The van der Waals surface area contributed by atoms with Crippen molar-refractivity contribution in [2.45, 2.75) is 32.4 Å². The van der Waals surface area contributed by atoms with Crippen LogP contribution < -0.4 is 11.2 Å². The van der Waals surface area contributed by atoms with Crippen molar-refractivity contribution >= 4 is 0 Å². The molecular formula is C5H14N2O. The van der Waals surface area contributed by atoms with Crippen molar-refractivity contribution in [1.29, 1.82) is 0 Å². The van der Waals surface area contributed by atoms with Gasteiger partial charge in [0.05, 0.1) is 0 Å². The Hall–Kier alpha value is -0.120. The van der Waals surface area contributed by atoms with E-state index in [4.69, 9.17) is 10.9 Å². The molecule has 0 radical (unpaired) electrons. The molecule has 0 aromatic carbocycles. The fourth-order valence-electron chi connectivity index (χ4n) is 0.581. The SMILES string of the molecule is CCC(NO)C(C)N. The van der Waals surface area contributed by atoms with E-state index in [1.54, 1.807) is 0 Å². The largest absolute Gasteiger partial charge is 0.326 e. The molecule has 0 spiro atoms. The molecule has 3 nitrogen and oxygen atoms in total. The van der Waals surface area contributed by atoms with Gasteiger partial charge in [0.1, 0.15) is 0 Å². The normalized spacial score (nSPS) is 18.0. The van der Waals surface area contributed by atoms with Gasteiger partial charge in [-0.05, 0) is 13.3 Å². The van der Waals surface area contributed by atoms with E-state index in [1.165, 1.54) is 0 Å². The lowest BCUT2D eigenvalue weighted by Gasteiger charge is -2.15. The highest BCUT2D eigenvalue weighted by Gasteiger charge is 2.07. The molecule has 0 heterocycles.